The Balaban J connectivity index is 3.14. The number of hydrogen-bond donors (Lipinski definition) is 3. The summed E-state index contributed by atoms with van der Waals surface area (Å²) in [5, 5.41) is 8.71. The van der Waals surface area contributed by atoms with Crippen molar-refractivity contribution in [2.45, 2.75) is 6.18 Å². The Morgan fingerprint density at radius 3 is 2.59 bits per heavy atom. The van der Waals surface area contributed by atoms with Crippen LogP contribution in [0.4, 0.5) is 24.9 Å². The molecule has 0 unspecified atom stereocenters. The highest BCUT2D eigenvalue weighted by molar-refractivity contribution is 5.44. The molecule has 1 heterocycles. The van der Waals surface area contributed by atoms with Crippen LogP contribution in [0.25, 0.3) is 0 Å². The maximum absolute atomic E-state index is 12.5. The van der Waals surface area contributed by atoms with Gasteiger partial charge in [0, 0.05) is 19.7 Å². The minimum absolute atomic E-state index is 0.0225. The van der Waals surface area contributed by atoms with Crippen molar-refractivity contribution in [3.05, 3.63) is 11.8 Å². The average molecular weight is 251 g/mol. The number of hydrogen-bond acceptors (Lipinski definition) is 6. The molecule has 0 spiro atoms. The van der Waals surface area contributed by atoms with Gasteiger partial charge in [-0.1, -0.05) is 0 Å². The zero-order valence-corrected chi connectivity index (χ0v) is 8.99. The van der Waals surface area contributed by atoms with E-state index in [1.165, 1.54) is 11.9 Å². The normalized spacial score (nSPS) is 11.4. The Morgan fingerprint density at radius 1 is 1.47 bits per heavy atom. The molecule has 0 aliphatic rings. The summed E-state index contributed by atoms with van der Waals surface area (Å²) in [7, 11) is 1.50. The largest absolute Gasteiger partial charge is 0.433 e. The highest BCUT2D eigenvalue weighted by Crippen LogP contribution is 2.30. The summed E-state index contributed by atoms with van der Waals surface area (Å²) in [5.41, 5.74) is 0.868. The lowest BCUT2D eigenvalue weighted by Crippen LogP contribution is -2.24. The molecule has 96 valence electrons. The number of aromatic nitrogens is 2. The SMILES string of the molecule is CN(CCO)c1cc(C(F)(F)F)nc(NN)n1. The quantitative estimate of drug-likeness (QED) is 0.524. The summed E-state index contributed by atoms with van der Waals surface area (Å²) >= 11 is 0. The predicted octanol–water partition coefficient (Wildman–Crippen LogP) is 0.209. The van der Waals surface area contributed by atoms with Crippen molar-refractivity contribution in [3.8, 4) is 0 Å². The van der Waals surface area contributed by atoms with E-state index in [-0.39, 0.29) is 24.9 Å². The highest BCUT2D eigenvalue weighted by Gasteiger charge is 2.34. The Labute approximate surface area is 95.2 Å². The summed E-state index contributed by atoms with van der Waals surface area (Å²) < 4.78 is 37.5. The lowest BCUT2D eigenvalue weighted by Gasteiger charge is -2.18. The third-order valence-electron chi connectivity index (χ3n) is 1.96. The molecule has 0 bridgehead atoms. The summed E-state index contributed by atoms with van der Waals surface area (Å²) in [6.45, 7) is -0.0500. The first-order chi connectivity index (χ1) is 7.88. The third-order valence-corrected chi connectivity index (χ3v) is 1.96. The fourth-order valence-electron chi connectivity index (χ4n) is 1.10. The lowest BCUT2D eigenvalue weighted by atomic mass is 10.3. The Morgan fingerprint density at radius 2 is 2.12 bits per heavy atom. The van der Waals surface area contributed by atoms with E-state index >= 15 is 0 Å². The van der Waals surface area contributed by atoms with Crippen LogP contribution >= 0.6 is 0 Å². The Bertz CT molecular complexity index is 384. The van der Waals surface area contributed by atoms with E-state index in [9.17, 15) is 13.2 Å². The maximum atomic E-state index is 12.5. The third kappa shape index (κ3) is 3.43. The van der Waals surface area contributed by atoms with Crippen molar-refractivity contribution in [1.29, 1.82) is 0 Å². The topological polar surface area (TPSA) is 87.3 Å². The number of hydrazine groups is 1. The number of nitrogen functional groups attached to an aromatic ring is 1. The first kappa shape index (κ1) is 13.5. The first-order valence-corrected chi connectivity index (χ1v) is 4.63. The van der Waals surface area contributed by atoms with Gasteiger partial charge >= 0.3 is 6.18 Å². The van der Waals surface area contributed by atoms with Crippen LogP contribution in [0.1, 0.15) is 5.69 Å². The number of halogens is 3. The van der Waals surface area contributed by atoms with Crippen molar-refractivity contribution in [1.82, 2.24) is 9.97 Å². The van der Waals surface area contributed by atoms with Crippen LogP contribution in [-0.2, 0) is 6.18 Å². The molecule has 0 fully saturated rings. The molecule has 0 radical (unpaired) electrons. The zero-order chi connectivity index (χ0) is 13.1. The number of aliphatic hydroxyl groups excluding tert-OH is 1. The number of nitrogens with zero attached hydrogens (tertiary/aromatic N) is 3. The molecular formula is C8H12F3N5O. The molecule has 0 amide bonds. The molecule has 1 aromatic heterocycles. The van der Waals surface area contributed by atoms with Gasteiger partial charge in [0.05, 0.1) is 6.61 Å². The van der Waals surface area contributed by atoms with E-state index in [4.69, 9.17) is 10.9 Å². The van der Waals surface area contributed by atoms with Gasteiger partial charge in [-0.2, -0.15) is 18.2 Å². The maximum Gasteiger partial charge on any atom is 0.433 e. The van der Waals surface area contributed by atoms with E-state index in [1.807, 2.05) is 5.43 Å². The van der Waals surface area contributed by atoms with Gasteiger partial charge in [0.25, 0.3) is 0 Å². The zero-order valence-electron chi connectivity index (χ0n) is 8.99. The van der Waals surface area contributed by atoms with Gasteiger partial charge in [0.15, 0.2) is 5.69 Å². The highest BCUT2D eigenvalue weighted by atomic mass is 19.4. The molecule has 0 aliphatic carbocycles. The monoisotopic (exact) mass is 251 g/mol. The lowest BCUT2D eigenvalue weighted by molar-refractivity contribution is -0.141. The van der Waals surface area contributed by atoms with Crippen LogP contribution in [0, 0.1) is 0 Å². The molecule has 0 saturated carbocycles. The van der Waals surface area contributed by atoms with Crippen molar-refractivity contribution in [2.75, 3.05) is 30.5 Å². The standard InChI is InChI=1S/C8H12F3N5O/c1-16(2-3-17)6-4-5(8(9,10)11)13-7(14-6)15-12/h4,17H,2-3,12H2,1H3,(H,13,14,15). The van der Waals surface area contributed by atoms with Crippen LogP contribution in [0.15, 0.2) is 6.07 Å². The number of rotatable bonds is 4. The number of anilines is 2. The summed E-state index contributed by atoms with van der Waals surface area (Å²) in [5.74, 6) is 4.68. The van der Waals surface area contributed by atoms with Crippen molar-refractivity contribution in [3.63, 3.8) is 0 Å². The van der Waals surface area contributed by atoms with Crippen LogP contribution in [0.5, 0.6) is 0 Å². The predicted molar refractivity (Wildman–Crippen MR) is 55.2 cm³/mol. The molecular weight excluding hydrogens is 239 g/mol. The summed E-state index contributed by atoms with van der Waals surface area (Å²) in [6, 6.07) is 0.788. The smallest absolute Gasteiger partial charge is 0.395 e. The van der Waals surface area contributed by atoms with Gasteiger partial charge in [-0.3, -0.25) is 5.43 Å². The van der Waals surface area contributed by atoms with Gasteiger partial charge in [-0.15, -0.1) is 0 Å². The second kappa shape index (κ2) is 5.15. The van der Waals surface area contributed by atoms with Gasteiger partial charge in [0.2, 0.25) is 5.95 Å². The summed E-state index contributed by atoms with van der Waals surface area (Å²) in [6.07, 6.45) is -4.58. The second-order valence-electron chi connectivity index (χ2n) is 3.22. The van der Waals surface area contributed by atoms with E-state index < -0.39 is 11.9 Å². The van der Waals surface area contributed by atoms with E-state index in [1.54, 1.807) is 0 Å². The van der Waals surface area contributed by atoms with Gasteiger partial charge in [-0.05, 0) is 0 Å². The minimum Gasteiger partial charge on any atom is -0.395 e. The van der Waals surface area contributed by atoms with Gasteiger partial charge < -0.3 is 10.0 Å². The fourth-order valence-corrected chi connectivity index (χ4v) is 1.10. The molecule has 17 heavy (non-hydrogen) atoms. The van der Waals surface area contributed by atoms with Crippen molar-refractivity contribution < 1.29 is 18.3 Å². The first-order valence-electron chi connectivity index (χ1n) is 4.63. The second-order valence-corrected chi connectivity index (χ2v) is 3.22. The van der Waals surface area contributed by atoms with Crippen LogP contribution in [0.3, 0.4) is 0 Å². The van der Waals surface area contributed by atoms with E-state index in [2.05, 4.69) is 9.97 Å². The molecule has 1 aromatic rings. The number of nitrogens with one attached hydrogen (secondary N) is 1. The Hall–Kier alpha value is -1.61. The Kier molecular flexibility index (Phi) is 4.07. The molecule has 4 N–H and O–H groups in total. The van der Waals surface area contributed by atoms with Gasteiger partial charge in [-0.25, -0.2) is 10.8 Å². The van der Waals surface area contributed by atoms with Crippen molar-refractivity contribution >= 4 is 11.8 Å². The average Bonchev–Trinajstić information content (AvgIpc) is 2.27. The molecule has 0 aromatic carbocycles. The van der Waals surface area contributed by atoms with Crippen molar-refractivity contribution in [2.24, 2.45) is 5.84 Å². The van der Waals surface area contributed by atoms with Gasteiger partial charge in [0.1, 0.15) is 5.82 Å². The fraction of sp³-hybridized carbons (Fsp3) is 0.500. The number of aliphatic hydroxyl groups is 1. The van der Waals surface area contributed by atoms with Crippen LogP contribution < -0.4 is 16.2 Å². The molecule has 0 saturated heterocycles. The minimum atomic E-state index is -4.58. The van der Waals surface area contributed by atoms with E-state index in [0.29, 0.717) is 0 Å². The molecule has 0 aliphatic heterocycles. The molecule has 1 rings (SSSR count). The molecule has 0 atom stereocenters. The molecule has 6 nitrogen and oxygen atoms in total. The number of likely N-dealkylation sites (N-methyl/N-ethyl adjacent to an activating group) is 1. The molecule has 9 heteroatoms. The van der Waals surface area contributed by atoms with E-state index in [0.717, 1.165) is 6.07 Å². The number of alkyl halides is 3. The summed E-state index contributed by atoms with van der Waals surface area (Å²) in [4.78, 5) is 8.31. The van der Waals surface area contributed by atoms with Crippen LogP contribution in [0.2, 0.25) is 0 Å². The van der Waals surface area contributed by atoms with Crippen LogP contribution in [-0.4, -0.2) is 35.3 Å². The number of nitrogens with two attached hydrogens (primary N) is 1.